The lowest BCUT2D eigenvalue weighted by Crippen LogP contribution is -2.11. The Bertz CT molecular complexity index is 1380. The maximum Gasteiger partial charge on any atom is 0.203 e. The van der Waals surface area contributed by atoms with Gasteiger partial charge >= 0.3 is 0 Å². The van der Waals surface area contributed by atoms with Gasteiger partial charge < -0.3 is 23.5 Å². The second-order valence-electron chi connectivity index (χ2n) is 8.39. The first kappa shape index (κ1) is 24.8. The summed E-state index contributed by atoms with van der Waals surface area (Å²) >= 11 is 0. The zero-order valence-corrected chi connectivity index (χ0v) is 21.1. The molecular formula is C29H29N3O4. The number of methoxy groups -OCH3 is 3. The Labute approximate surface area is 211 Å². The highest BCUT2D eigenvalue weighted by Gasteiger charge is 2.22. The molecule has 1 aromatic heterocycles. The normalized spacial score (nSPS) is 11.6. The van der Waals surface area contributed by atoms with Gasteiger partial charge in [-0.3, -0.25) is 0 Å². The number of hydrogen-bond donors (Lipinski definition) is 0. The van der Waals surface area contributed by atoms with E-state index in [0.29, 0.717) is 22.8 Å². The highest BCUT2D eigenvalue weighted by Crippen LogP contribution is 2.39. The van der Waals surface area contributed by atoms with Gasteiger partial charge in [-0.2, -0.15) is 5.26 Å². The predicted molar refractivity (Wildman–Crippen MR) is 137 cm³/mol. The Balaban J connectivity index is 1.75. The summed E-state index contributed by atoms with van der Waals surface area (Å²) in [4.78, 5) is 4.30. The van der Waals surface area contributed by atoms with Crippen LogP contribution < -0.4 is 14.2 Å². The SMILES string of the molecule is COc1cc(COC(c2ccc(C#N)c(-c3ccccc3C)c2)c2cncn2C)cc(OC)c1OC. The fraction of sp³-hybridized carbons (Fsp3) is 0.241. The summed E-state index contributed by atoms with van der Waals surface area (Å²) in [5.41, 5.74) is 6.28. The van der Waals surface area contributed by atoms with Gasteiger partial charge in [-0.15, -0.1) is 0 Å². The van der Waals surface area contributed by atoms with E-state index in [1.54, 1.807) is 33.9 Å². The van der Waals surface area contributed by atoms with Gasteiger partial charge in [0, 0.05) is 12.6 Å². The van der Waals surface area contributed by atoms with Crippen molar-refractivity contribution in [3.8, 4) is 34.4 Å². The first-order chi connectivity index (χ1) is 17.5. The molecule has 0 bridgehead atoms. The van der Waals surface area contributed by atoms with Gasteiger partial charge in [0.05, 0.1) is 57.8 Å². The minimum atomic E-state index is -0.424. The number of nitriles is 1. The Morgan fingerprint density at radius 2 is 1.67 bits per heavy atom. The Morgan fingerprint density at radius 1 is 0.944 bits per heavy atom. The lowest BCUT2D eigenvalue weighted by molar-refractivity contribution is 0.0619. The fourth-order valence-corrected chi connectivity index (χ4v) is 4.29. The van der Waals surface area contributed by atoms with E-state index < -0.39 is 6.10 Å². The van der Waals surface area contributed by atoms with E-state index in [2.05, 4.69) is 11.1 Å². The number of hydrogen-bond acceptors (Lipinski definition) is 6. The molecule has 184 valence electrons. The van der Waals surface area contributed by atoms with Crippen LogP contribution in [-0.2, 0) is 18.4 Å². The minimum Gasteiger partial charge on any atom is -0.493 e. The largest absolute Gasteiger partial charge is 0.493 e. The van der Waals surface area contributed by atoms with Crippen LogP contribution in [0.5, 0.6) is 17.2 Å². The van der Waals surface area contributed by atoms with Crippen molar-refractivity contribution in [3.63, 3.8) is 0 Å². The van der Waals surface area contributed by atoms with Crippen LogP contribution in [-0.4, -0.2) is 30.9 Å². The molecule has 0 aliphatic rings. The Kier molecular flexibility index (Phi) is 7.57. The third-order valence-electron chi connectivity index (χ3n) is 6.17. The molecular weight excluding hydrogens is 454 g/mol. The smallest absolute Gasteiger partial charge is 0.203 e. The third kappa shape index (κ3) is 4.90. The van der Waals surface area contributed by atoms with Gasteiger partial charge in [-0.1, -0.05) is 30.3 Å². The number of aryl methyl sites for hydroxylation is 2. The molecule has 4 rings (SSSR count). The molecule has 1 heterocycles. The first-order valence-electron chi connectivity index (χ1n) is 11.5. The second kappa shape index (κ2) is 11.0. The molecule has 0 saturated heterocycles. The van der Waals surface area contributed by atoms with Crippen molar-refractivity contribution in [2.45, 2.75) is 19.6 Å². The Hall–Kier alpha value is -4.28. The molecule has 0 aliphatic heterocycles. The summed E-state index contributed by atoms with van der Waals surface area (Å²) in [6, 6.07) is 20.0. The van der Waals surface area contributed by atoms with Crippen LogP contribution in [0, 0.1) is 18.3 Å². The number of ether oxygens (including phenoxy) is 4. The van der Waals surface area contributed by atoms with Crippen LogP contribution in [0.1, 0.15) is 34.1 Å². The summed E-state index contributed by atoms with van der Waals surface area (Å²) < 4.78 is 24.9. The number of benzene rings is 3. The van der Waals surface area contributed by atoms with Gasteiger partial charge in [0.15, 0.2) is 11.5 Å². The summed E-state index contributed by atoms with van der Waals surface area (Å²) in [5.74, 6) is 1.65. The van der Waals surface area contributed by atoms with Crippen molar-refractivity contribution >= 4 is 0 Å². The van der Waals surface area contributed by atoms with Crippen LogP contribution in [0.3, 0.4) is 0 Å². The third-order valence-corrected chi connectivity index (χ3v) is 6.17. The quantitative estimate of drug-likeness (QED) is 0.308. The van der Waals surface area contributed by atoms with Crippen LogP contribution in [0.2, 0.25) is 0 Å². The van der Waals surface area contributed by atoms with E-state index in [0.717, 1.165) is 33.5 Å². The second-order valence-corrected chi connectivity index (χ2v) is 8.39. The molecule has 4 aromatic rings. The highest BCUT2D eigenvalue weighted by molar-refractivity contribution is 5.74. The zero-order valence-electron chi connectivity index (χ0n) is 21.1. The van der Waals surface area contributed by atoms with E-state index in [1.165, 1.54) is 0 Å². The van der Waals surface area contributed by atoms with E-state index >= 15 is 0 Å². The maximum absolute atomic E-state index is 9.79. The fourth-order valence-electron chi connectivity index (χ4n) is 4.29. The standard InChI is InChI=1S/C29H29N3O4/c1-19-8-6-7-9-23(19)24-14-21(10-11-22(24)15-30)28(25-16-31-18-32(25)2)36-17-20-12-26(33-3)29(35-5)27(13-20)34-4/h6-14,16,18,28H,17H2,1-5H3. The molecule has 0 aliphatic carbocycles. The maximum atomic E-state index is 9.79. The molecule has 7 nitrogen and oxygen atoms in total. The number of rotatable bonds is 9. The van der Waals surface area contributed by atoms with Crippen molar-refractivity contribution in [2.75, 3.05) is 21.3 Å². The molecule has 0 N–H and O–H groups in total. The molecule has 0 saturated carbocycles. The minimum absolute atomic E-state index is 0.284. The van der Waals surface area contributed by atoms with Crippen LogP contribution >= 0.6 is 0 Å². The van der Waals surface area contributed by atoms with Crippen LogP contribution in [0.15, 0.2) is 67.1 Å². The van der Waals surface area contributed by atoms with E-state index in [4.69, 9.17) is 18.9 Å². The van der Waals surface area contributed by atoms with E-state index in [9.17, 15) is 5.26 Å². The summed E-state index contributed by atoms with van der Waals surface area (Å²) in [6.45, 7) is 2.33. The molecule has 7 heteroatoms. The Morgan fingerprint density at radius 3 is 2.25 bits per heavy atom. The monoisotopic (exact) mass is 483 g/mol. The van der Waals surface area contributed by atoms with Crippen molar-refractivity contribution in [3.05, 3.63) is 95.1 Å². The highest BCUT2D eigenvalue weighted by atomic mass is 16.5. The molecule has 36 heavy (non-hydrogen) atoms. The number of imidazole rings is 1. The predicted octanol–water partition coefficient (Wildman–Crippen LogP) is 5.60. The van der Waals surface area contributed by atoms with E-state index in [-0.39, 0.29) is 6.61 Å². The van der Waals surface area contributed by atoms with Crippen molar-refractivity contribution in [1.29, 1.82) is 5.26 Å². The average molecular weight is 484 g/mol. The van der Waals surface area contributed by atoms with Crippen LogP contribution in [0.25, 0.3) is 11.1 Å². The van der Waals surface area contributed by atoms with E-state index in [1.807, 2.05) is 73.1 Å². The van der Waals surface area contributed by atoms with Crippen molar-refractivity contribution < 1.29 is 18.9 Å². The molecule has 0 fully saturated rings. The molecule has 1 unspecified atom stereocenters. The molecule has 1 atom stereocenters. The van der Waals surface area contributed by atoms with Crippen molar-refractivity contribution in [2.24, 2.45) is 7.05 Å². The summed E-state index contributed by atoms with van der Waals surface area (Å²) in [7, 11) is 6.68. The van der Waals surface area contributed by atoms with Gasteiger partial charge in [0.2, 0.25) is 5.75 Å². The number of aromatic nitrogens is 2. The topological polar surface area (TPSA) is 78.5 Å². The molecule has 3 aromatic carbocycles. The van der Waals surface area contributed by atoms with Gasteiger partial charge in [0.25, 0.3) is 0 Å². The lowest BCUT2D eigenvalue weighted by Gasteiger charge is -2.21. The zero-order chi connectivity index (χ0) is 25.7. The molecule has 0 radical (unpaired) electrons. The lowest BCUT2D eigenvalue weighted by atomic mass is 9.93. The van der Waals surface area contributed by atoms with Gasteiger partial charge in [-0.25, -0.2) is 4.98 Å². The molecule has 0 spiro atoms. The number of nitrogens with zero attached hydrogens (tertiary/aromatic N) is 3. The van der Waals surface area contributed by atoms with Crippen molar-refractivity contribution in [1.82, 2.24) is 9.55 Å². The average Bonchev–Trinajstić information content (AvgIpc) is 3.33. The first-order valence-corrected chi connectivity index (χ1v) is 11.5. The summed E-state index contributed by atoms with van der Waals surface area (Å²) in [5, 5.41) is 9.79. The van der Waals surface area contributed by atoms with Gasteiger partial charge in [-0.05, 0) is 53.4 Å². The molecule has 0 amide bonds. The van der Waals surface area contributed by atoms with Crippen LogP contribution in [0.4, 0.5) is 0 Å². The summed E-state index contributed by atoms with van der Waals surface area (Å²) in [6.07, 6.45) is 3.12. The van der Waals surface area contributed by atoms with Gasteiger partial charge in [0.1, 0.15) is 6.10 Å².